The van der Waals surface area contributed by atoms with Crippen molar-refractivity contribution in [3.63, 3.8) is 0 Å². The molecule has 0 aliphatic rings. The van der Waals surface area contributed by atoms with E-state index in [-0.39, 0.29) is 11.6 Å². The molecule has 2 aromatic carbocycles. The summed E-state index contributed by atoms with van der Waals surface area (Å²) in [6, 6.07) is 10.7. The lowest BCUT2D eigenvalue weighted by Gasteiger charge is -2.09. The van der Waals surface area contributed by atoms with E-state index in [2.05, 4.69) is 26.6 Å². The molecule has 0 radical (unpaired) electrons. The standard InChI is InChI=1S/C15H12BrFN2O2/c1-9(20)18-12-5-6-13(17)14(8-12)19-15(21)10-3-2-4-11(16)7-10/h2-8H,1H3,(H,18,20)(H,19,21). The van der Waals surface area contributed by atoms with Crippen LogP contribution in [0.5, 0.6) is 0 Å². The molecular formula is C15H12BrFN2O2. The van der Waals surface area contributed by atoms with Crippen LogP contribution < -0.4 is 10.6 Å². The molecule has 0 atom stereocenters. The lowest BCUT2D eigenvalue weighted by Crippen LogP contribution is -2.13. The van der Waals surface area contributed by atoms with Crippen LogP contribution in [0.4, 0.5) is 15.8 Å². The van der Waals surface area contributed by atoms with E-state index in [0.29, 0.717) is 11.3 Å². The van der Waals surface area contributed by atoms with Crippen LogP contribution in [0.1, 0.15) is 17.3 Å². The first-order chi connectivity index (χ1) is 9.95. The molecule has 0 saturated heterocycles. The van der Waals surface area contributed by atoms with E-state index < -0.39 is 11.7 Å². The van der Waals surface area contributed by atoms with Gasteiger partial charge in [0, 0.05) is 22.6 Å². The maximum absolute atomic E-state index is 13.7. The fourth-order valence-electron chi connectivity index (χ4n) is 1.73. The van der Waals surface area contributed by atoms with Crippen molar-refractivity contribution in [2.45, 2.75) is 6.92 Å². The quantitative estimate of drug-likeness (QED) is 0.884. The predicted molar refractivity (Wildman–Crippen MR) is 82.8 cm³/mol. The summed E-state index contributed by atoms with van der Waals surface area (Å²) in [5, 5.41) is 5.01. The van der Waals surface area contributed by atoms with Crippen LogP contribution in [0.2, 0.25) is 0 Å². The molecule has 0 bridgehead atoms. The Balaban J connectivity index is 2.22. The second kappa shape index (κ2) is 6.49. The molecule has 0 aromatic heterocycles. The van der Waals surface area contributed by atoms with E-state index in [1.165, 1.54) is 25.1 Å². The van der Waals surface area contributed by atoms with Gasteiger partial charge >= 0.3 is 0 Å². The Kier molecular flexibility index (Phi) is 4.70. The van der Waals surface area contributed by atoms with E-state index in [0.717, 1.165) is 4.47 Å². The van der Waals surface area contributed by atoms with Gasteiger partial charge in [0.2, 0.25) is 5.91 Å². The first-order valence-electron chi connectivity index (χ1n) is 6.10. The molecule has 0 aliphatic heterocycles. The van der Waals surface area contributed by atoms with E-state index >= 15 is 0 Å². The van der Waals surface area contributed by atoms with Crippen molar-refractivity contribution in [2.75, 3.05) is 10.6 Å². The summed E-state index contributed by atoms with van der Waals surface area (Å²) in [5.41, 5.74) is 0.813. The first-order valence-corrected chi connectivity index (χ1v) is 6.89. The van der Waals surface area contributed by atoms with Crippen molar-refractivity contribution in [3.8, 4) is 0 Å². The SMILES string of the molecule is CC(=O)Nc1ccc(F)c(NC(=O)c2cccc(Br)c2)c1. The summed E-state index contributed by atoms with van der Waals surface area (Å²) >= 11 is 3.27. The Morgan fingerprint density at radius 1 is 1.10 bits per heavy atom. The Bertz CT molecular complexity index is 704. The lowest BCUT2D eigenvalue weighted by atomic mass is 10.2. The summed E-state index contributed by atoms with van der Waals surface area (Å²) in [5.74, 6) is -1.28. The highest BCUT2D eigenvalue weighted by atomic mass is 79.9. The van der Waals surface area contributed by atoms with Crippen LogP contribution in [0.25, 0.3) is 0 Å². The summed E-state index contributed by atoms with van der Waals surface area (Å²) < 4.78 is 14.5. The summed E-state index contributed by atoms with van der Waals surface area (Å²) in [7, 11) is 0. The number of carbonyl (C=O) groups excluding carboxylic acids is 2. The Labute approximate surface area is 129 Å². The van der Waals surface area contributed by atoms with Gasteiger partial charge in [0.15, 0.2) is 0 Å². The van der Waals surface area contributed by atoms with Gasteiger partial charge in [0.1, 0.15) is 5.82 Å². The average Bonchev–Trinajstić information content (AvgIpc) is 2.42. The van der Waals surface area contributed by atoms with E-state index in [4.69, 9.17) is 0 Å². The third kappa shape index (κ3) is 4.13. The van der Waals surface area contributed by atoms with Gasteiger partial charge in [-0.25, -0.2) is 4.39 Å². The molecule has 6 heteroatoms. The molecule has 0 heterocycles. The van der Waals surface area contributed by atoms with E-state index in [9.17, 15) is 14.0 Å². The normalized spacial score (nSPS) is 10.0. The molecular weight excluding hydrogens is 339 g/mol. The zero-order valence-electron chi connectivity index (χ0n) is 11.1. The maximum atomic E-state index is 13.7. The van der Waals surface area contributed by atoms with Crippen LogP contribution in [0.15, 0.2) is 46.9 Å². The highest BCUT2D eigenvalue weighted by Gasteiger charge is 2.10. The van der Waals surface area contributed by atoms with Gasteiger partial charge in [0.05, 0.1) is 5.69 Å². The highest BCUT2D eigenvalue weighted by molar-refractivity contribution is 9.10. The first kappa shape index (κ1) is 15.2. The third-order valence-corrected chi connectivity index (χ3v) is 3.11. The molecule has 108 valence electrons. The van der Waals surface area contributed by atoms with Crippen LogP contribution >= 0.6 is 15.9 Å². The largest absolute Gasteiger partial charge is 0.326 e. The van der Waals surface area contributed by atoms with Crippen molar-refractivity contribution in [1.82, 2.24) is 0 Å². The van der Waals surface area contributed by atoms with Crippen LogP contribution in [-0.2, 0) is 4.79 Å². The number of halogens is 2. The van der Waals surface area contributed by atoms with Gasteiger partial charge in [-0.05, 0) is 36.4 Å². The smallest absolute Gasteiger partial charge is 0.255 e. The highest BCUT2D eigenvalue weighted by Crippen LogP contribution is 2.21. The van der Waals surface area contributed by atoms with Crippen LogP contribution in [0.3, 0.4) is 0 Å². The minimum Gasteiger partial charge on any atom is -0.326 e. The number of anilines is 2. The molecule has 0 saturated carbocycles. The van der Waals surface area contributed by atoms with Gasteiger partial charge in [-0.2, -0.15) is 0 Å². The summed E-state index contributed by atoms with van der Waals surface area (Å²) in [4.78, 5) is 23.1. The molecule has 2 N–H and O–H groups in total. The molecule has 0 aliphatic carbocycles. The van der Waals surface area contributed by atoms with Crippen molar-refractivity contribution in [3.05, 3.63) is 58.3 Å². The number of benzene rings is 2. The number of nitrogens with one attached hydrogen (secondary N) is 2. The van der Waals surface area contributed by atoms with Gasteiger partial charge in [-0.1, -0.05) is 22.0 Å². The van der Waals surface area contributed by atoms with Crippen molar-refractivity contribution < 1.29 is 14.0 Å². The molecule has 2 rings (SSSR count). The van der Waals surface area contributed by atoms with Gasteiger partial charge in [-0.3, -0.25) is 9.59 Å². The van der Waals surface area contributed by atoms with Crippen LogP contribution in [0, 0.1) is 5.82 Å². The molecule has 0 spiro atoms. The predicted octanol–water partition coefficient (Wildman–Crippen LogP) is 3.80. The number of amides is 2. The average molecular weight is 351 g/mol. The van der Waals surface area contributed by atoms with E-state index in [1.54, 1.807) is 24.3 Å². The zero-order chi connectivity index (χ0) is 15.4. The minimum atomic E-state index is -0.576. The number of hydrogen-bond donors (Lipinski definition) is 2. The molecule has 21 heavy (non-hydrogen) atoms. The van der Waals surface area contributed by atoms with Gasteiger partial charge in [-0.15, -0.1) is 0 Å². The zero-order valence-corrected chi connectivity index (χ0v) is 12.7. The molecule has 0 unspecified atom stereocenters. The number of rotatable bonds is 3. The monoisotopic (exact) mass is 350 g/mol. The Hall–Kier alpha value is -2.21. The number of carbonyl (C=O) groups is 2. The van der Waals surface area contributed by atoms with Crippen molar-refractivity contribution >= 4 is 39.1 Å². The van der Waals surface area contributed by atoms with Gasteiger partial charge in [0.25, 0.3) is 5.91 Å². The maximum Gasteiger partial charge on any atom is 0.255 e. The van der Waals surface area contributed by atoms with Crippen LogP contribution in [-0.4, -0.2) is 11.8 Å². The van der Waals surface area contributed by atoms with E-state index in [1.807, 2.05) is 0 Å². The molecule has 2 aromatic rings. The molecule has 0 fully saturated rings. The molecule has 4 nitrogen and oxygen atoms in total. The molecule has 2 amide bonds. The van der Waals surface area contributed by atoms with Crippen molar-refractivity contribution in [1.29, 1.82) is 0 Å². The second-order valence-corrected chi connectivity index (χ2v) is 5.26. The summed E-state index contributed by atoms with van der Waals surface area (Å²) in [6.45, 7) is 1.35. The van der Waals surface area contributed by atoms with Gasteiger partial charge < -0.3 is 10.6 Å². The Morgan fingerprint density at radius 3 is 2.52 bits per heavy atom. The summed E-state index contributed by atoms with van der Waals surface area (Å²) in [6.07, 6.45) is 0. The van der Waals surface area contributed by atoms with Crippen molar-refractivity contribution in [2.24, 2.45) is 0 Å². The fourth-order valence-corrected chi connectivity index (χ4v) is 2.13. The third-order valence-electron chi connectivity index (χ3n) is 2.62. The number of hydrogen-bond acceptors (Lipinski definition) is 2. The minimum absolute atomic E-state index is 0.00576. The Morgan fingerprint density at radius 2 is 1.86 bits per heavy atom. The topological polar surface area (TPSA) is 58.2 Å². The second-order valence-electron chi connectivity index (χ2n) is 4.34. The fraction of sp³-hybridized carbons (Fsp3) is 0.0667. The lowest BCUT2D eigenvalue weighted by molar-refractivity contribution is -0.114.